The minimum Gasteiger partial charge on any atom is -0.396 e. The van der Waals surface area contributed by atoms with Gasteiger partial charge in [-0.2, -0.15) is 5.10 Å². The Morgan fingerprint density at radius 2 is 2.31 bits per heavy atom. The molecule has 1 aromatic rings. The van der Waals surface area contributed by atoms with Crippen LogP contribution >= 0.6 is 0 Å². The summed E-state index contributed by atoms with van der Waals surface area (Å²) in [6.07, 6.45) is 2.65. The number of sulfonamides is 1. The van der Waals surface area contributed by atoms with E-state index < -0.39 is 10.0 Å². The molecule has 0 bridgehead atoms. The third-order valence-corrected chi connectivity index (χ3v) is 3.51. The fourth-order valence-corrected chi connectivity index (χ4v) is 2.32. The smallest absolute Gasteiger partial charge is 0.211 e. The van der Waals surface area contributed by atoms with Crippen molar-refractivity contribution in [2.75, 3.05) is 18.9 Å². The second kappa shape index (κ2) is 5.97. The highest BCUT2D eigenvalue weighted by Crippen LogP contribution is 1.95. The summed E-state index contributed by atoms with van der Waals surface area (Å²) in [5, 5.41) is 12.7. The van der Waals surface area contributed by atoms with Gasteiger partial charge in [0.2, 0.25) is 10.0 Å². The van der Waals surface area contributed by atoms with Crippen molar-refractivity contribution < 1.29 is 13.5 Å². The van der Waals surface area contributed by atoms with E-state index in [-0.39, 0.29) is 18.8 Å². The van der Waals surface area contributed by atoms with E-state index in [1.54, 1.807) is 4.68 Å². The quantitative estimate of drug-likeness (QED) is 0.665. The molecule has 1 aromatic heterocycles. The van der Waals surface area contributed by atoms with E-state index >= 15 is 0 Å². The van der Waals surface area contributed by atoms with Crippen LogP contribution in [0.4, 0.5) is 0 Å². The van der Waals surface area contributed by atoms with Crippen LogP contribution in [0.5, 0.6) is 0 Å². The van der Waals surface area contributed by atoms with Crippen LogP contribution in [-0.4, -0.2) is 42.2 Å². The van der Waals surface area contributed by atoms with E-state index in [9.17, 15) is 8.42 Å². The Hall–Kier alpha value is -0.920. The molecule has 0 aliphatic rings. The maximum absolute atomic E-state index is 11.3. The number of nitrogens with one attached hydrogen (secondary N) is 1. The van der Waals surface area contributed by atoms with Gasteiger partial charge in [0.05, 0.1) is 11.4 Å². The summed E-state index contributed by atoms with van der Waals surface area (Å²) in [5.41, 5.74) is 0.854. The number of hydrogen-bond donors (Lipinski definition) is 2. The Morgan fingerprint density at radius 1 is 1.56 bits per heavy atom. The molecule has 0 fully saturated rings. The number of aliphatic hydroxyl groups excluding tert-OH is 1. The molecule has 0 atom stereocenters. The molecule has 0 aliphatic carbocycles. The number of rotatable bonds is 7. The summed E-state index contributed by atoms with van der Waals surface area (Å²) in [4.78, 5) is 0. The topological polar surface area (TPSA) is 84.2 Å². The molecule has 1 rings (SSSR count). The van der Waals surface area contributed by atoms with Gasteiger partial charge in [-0.1, -0.05) is 0 Å². The molecule has 92 valence electrons. The van der Waals surface area contributed by atoms with Crippen LogP contribution in [0.2, 0.25) is 0 Å². The Balaban J connectivity index is 2.29. The summed E-state index contributed by atoms with van der Waals surface area (Å²) < 4.78 is 26.8. The van der Waals surface area contributed by atoms with Crippen LogP contribution in [0.15, 0.2) is 12.3 Å². The number of aliphatic hydroxyl groups is 1. The van der Waals surface area contributed by atoms with Gasteiger partial charge in [0.1, 0.15) is 0 Å². The maximum Gasteiger partial charge on any atom is 0.211 e. The Labute approximate surface area is 95.3 Å². The van der Waals surface area contributed by atoms with Crippen molar-refractivity contribution >= 4 is 10.0 Å². The monoisotopic (exact) mass is 247 g/mol. The van der Waals surface area contributed by atoms with Gasteiger partial charge in [-0.3, -0.25) is 4.68 Å². The number of nitrogens with zero attached hydrogens (tertiary/aromatic N) is 2. The minimum atomic E-state index is -3.25. The lowest BCUT2D eigenvalue weighted by atomic mass is 10.3. The number of hydrogen-bond acceptors (Lipinski definition) is 4. The van der Waals surface area contributed by atoms with Gasteiger partial charge >= 0.3 is 0 Å². The summed E-state index contributed by atoms with van der Waals surface area (Å²) in [6, 6.07) is 1.85. The first kappa shape index (κ1) is 13.1. The summed E-state index contributed by atoms with van der Waals surface area (Å²) in [6.45, 7) is 0.228. The van der Waals surface area contributed by atoms with Gasteiger partial charge in [-0.15, -0.1) is 0 Å². The molecule has 0 amide bonds. The highest BCUT2D eigenvalue weighted by Gasteiger charge is 2.08. The van der Waals surface area contributed by atoms with E-state index in [4.69, 9.17) is 5.11 Å². The normalized spacial score (nSPS) is 11.9. The molecule has 7 heteroatoms. The first-order chi connectivity index (χ1) is 7.53. The van der Waals surface area contributed by atoms with Crippen LogP contribution < -0.4 is 4.72 Å². The van der Waals surface area contributed by atoms with Crippen molar-refractivity contribution in [2.45, 2.75) is 12.8 Å². The number of aromatic nitrogens is 2. The van der Waals surface area contributed by atoms with Gasteiger partial charge in [0.25, 0.3) is 0 Å². The third kappa shape index (κ3) is 4.73. The maximum atomic E-state index is 11.3. The fourth-order valence-electron chi connectivity index (χ4n) is 1.26. The lowest BCUT2D eigenvalue weighted by molar-refractivity contribution is 0.295. The molecule has 0 aliphatic heterocycles. The average Bonchev–Trinajstić information content (AvgIpc) is 2.61. The highest BCUT2D eigenvalue weighted by molar-refractivity contribution is 7.89. The van der Waals surface area contributed by atoms with E-state index in [1.807, 2.05) is 19.3 Å². The molecule has 0 spiro atoms. The average molecular weight is 247 g/mol. The zero-order valence-corrected chi connectivity index (χ0v) is 10.1. The molecule has 0 unspecified atom stereocenters. The molecule has 16 heavy (non-hydrogen) atoms. The molecule has 2 N–H and O–H groups in total. The predicted molar refractivity (Wildman–Crippen MR) is 60.4 cm³/mol. The second-order valence-corrected chi connectivity index (χ2v) is 5.45. The molecular formula is C9H17N3O3S. The lowest BCUT2D eigenvalue weighted by Crippen LogP contribution is -2.28. The van der Waals surface area contributed by atoms with Gasteiger partial charge in [0, 0.05) is 32.8 Å². The molecule has 6 nitrogen and oxygen atoms in total. The predicted octanol–water partition coefficient (Wildman–Crippen LogP) is -0.736. The van der Waals surface area contributed by atoms with Gasteiger partial charge in [-0.25, -0.2) is 13.1 Å². The SMILES string of the molecule is Cn1ccc(CCNS(=O)(=O)CCCO)n1. The van der Waals surface area contributed by atoms with E-state index in [1.165, 1.54) is 0 Å². The van der Waals surface area contributed by atoms with Gasteiger partial charge < -0.3 is 5.11 Å². The Kier molecular flexibility index (Phi) is 4.91. The molecular weight excluding hydrogens is 230 g/mol. The minimum absolute atomic E-state index is 0.0360. The fraction of sp³-hybridized carbons (Fsp3) is 0.667. The van der Waals surface area contributed by atoms with Crippen LogP contribution in [0.25, 0.3) is 0 Å². The standard InChI is InChI=1S/C9H17N3O3S/c1-12-6-4-9(11-12)3-5-10-16(14,15)8-2-7-13/h4,6,10,13H,2-3,5,7-8H2,1H3. The molecule has 0 saturated carbocycles. The first-order valence-corrected chi connectivity index (χ1v) is 6.75. The van der Waals surface area contributed by atoms with Gasteiger partial charge in [0.15, 0.2) is 0 Å². The molecule has 0 radical (unpaired) electrons. The second-order valence-electron chi connectivity index (χ2n) is 3.52. The van der Waals surface area contributed by atoms with Crippen LogP contribution in [0, 0.1) is 0 Å². The van der Waals surface area contributed by atoms with E-state index in [2.05, 4.69) is 9.82 Å². The van der Waals surface area contributed by atoms with Crippen LogP contribution in [-0.2, 0) is 23.5 Å². The third-order valence-electron chi connectivity index (χ3n) is 2.04. The van der Waals surface area contributed by atoms with Gasteiger partial charge in [-0.05, 0) is 12.5 Å². The van der Waals surface area contributed by atoms with Crippen molar-refractivity contribution in [3.05, 3.63) is 18.0 Å². The number of aryl methyl sites for hydroxylation is 1. The largest absolute Gasteiger partial charge is 0.396 e. The zero-order valence-electron chi connectivity index (χ0n) is 9.26. The molecule has 0 aromatic carbocycles. The Bertz CT molecular complexity index is 413. The van der Waals surface area contributed by atoms with Crippen molar-refractivity contribution in [2.24, 2.45) is 7.05 Å². The molecule has 1 heterocycles. The molecule has 0 saturated heterocycles. The Morgan fingerprint density at radius 3 is 2.88 bits per heavy atom. The summed E-state index contributed by atoms with van der Waals surface area (Å²) in [5.74, 6) is -0.0360. The van der Waals surface area contributed by atoms with Crippen molar-refractivity contribution in [1.82, 2.24) is 14.5 Å². The van der Waals surface area contributed by atoms with E-state index in [0.29, 0.717) is 13.0 Å². The zero-order chi connectivity index (χ0) is 12.0. The van der Waals surface area contributed by atoms with E-state index in [0.717, 1.165) is 5.69 Å². The summed E-state index contributed by atoms with van der Waals surface area (Å²) >= 11 is 0. The van der Waals surface area contributed by atoms with Crippen molar-refractivity contribution in [3.63, 3.8) is 0 Å². The first-order valence-electron chi connectivity index (χ1n) is 5.10. The van der Waals surface area contributed by atoms with Crippen molar-refractivity contribution in [3.8, 4) is 0 Å². The summed E-state index contributed by atoms with van der Waals surface area (Å²) in [7, 11) is -1.44. The van der Waals surface area contributed by atoms with Crippen LogP contribution in [0.1, 0.15) is 12.1 Å². The van der Waals surface area contributed by atoms with Crippen LogP contribution in [0.3, 0.4) is 0 Å². The van der Waals surface area contributed by atoms with Crippen molar-refractivity contribution in [1.29, 1.82) is 0 Å². The highest BCUT2D eigenvalue weighted by atomic mass is 32.2. The lowest BCUT2D eigenvalue weighted by Gasteiger charge is -2.04.